The van der Waals surface area contributed by atoms with Crippen LogP contribution in [0.3, 0.4) is 0 Å². The molecule has 1 unspecified atom stereocenters. The number of aliphatic hydroxyl groups is 1. The molecule has 0 radical (unpaired) electrons. The molecular weight excluding hydrogens is 192 g/mol. The van der Waals surface area contributed by atoms with Crippen LogP contribution in [-0.2, 0) is 4.74 Å². The summed E-state index contributed by atoms with van der Waals surface area (Å²) in [5, 5.41) is 18.7. The Bertz CT molecular complexity index is 251. The van der Waals surface area contributed by atoms with E-state index < -0.39 is 0 Å². The van der Waals surface area contributed by atoms with Crippen LogP contribution in [0.5, 0.6) is 0 Å². The summed E-state index contributed by atoms with van der Waals surface area (Å²) in [4.78, 5) is 2.22. The van der Waals surface area contributed by atoms with Gasteiger partial charge in [0.05, 0.1) is 18.8 Å². The number of morpholine rings is 1. The third kappa shape index (κ3) is 2.49. The molecule has 1 aliphatic heterocycles. The summed E-state index contributed by atoms with van der Waals surface area (Å²) in [5.41, 5.74) is 0. The van der Waals surface area contributed by atoms with Gasteiger partial charge in [-0.2, -0.15) is 5.26 Å². The maximum absolute atomic E-state index is 9.91. The topological polar surface area (TPSA) is 56.5 Å². The molecule has 2 rings (SSSR count). The standard InChI is InChI=1S/C11H18N2O2/c12-7-9-8-13(5-6-15-9)10-3-1-2-4-11(10)14/h9-11,14H,1-6,8H2/t9?,10-,11-/m0/s1. The molecule has 15 heavy (non-hydrogen) atoms. The molecule has 0 aromatic rings. The van der Waals surface area contributed by atoms with Crippen molar-refractivity contribution in [3.05, 3.63) is 0 Å². The Labute approximate surface area is 90.4 Å². The summed E-state index contributed by atoms with van der Waals surface area (Å²) >= 11 is 0. The van der Waals surface area contributed by atoms with E-state index in [1.807, 2.05) is 0 Å². The molecule has 4 nitrogen and oxygen atoms in total. The van der Waals surface area contributed by atoms with Crippen molar-refractivity contribution >= 4 is 0 Å². The number of ether oxygens (including phenoxy) is 1. The molecule has 1 saturated heterocycles. The number of aliphatic hydroxyl groups excluding tert-OH is 1. The fraction of sp³-hybridized carbons (Fsp3) is 0.909. The lowest BCUT2D eigenvalue weighted by atomic mass is 9.91. The van der Waals surface area contributed by atoms with Crippen molar-refractivity contribution in [1.29, 1.82) is 5.26 Å². The normalized spacial score (nSPS) is 38.5. The maximum atomic E-state index is 9.91. The lowest BCUT2D eigenvalue weighted by Gasteiger charge is -2.40. The first-order valence-electron chi connectivity index (χ1n) is 5.74. The van der Waals surface area contributed by atoms with E-state index in [2.05, 4.69) is 11.0 Å². The summed E-state index contributed by atoms with van der Waals surface area (Å²) in [6.07, 6.45) is 3.75. The van der Waals surface area contributed by atoms with Crippen molar-refractivity contribution in [3.63, 3.8) is 0 Å². The van der Waals surface area contributed by atoms with Gasteiger partial charge in [0.15, 0.2) is 6.10 Å². The van der Waals surface area contributed by atoms with Gasteiger partial charge in [-0.3, -0.25) is 4.90 Å². The Hall–Kier alpha value is -0.630. The molecule has 0 spiro atoms. The molecular formula is C11H18N2O2. The number of hydrogen-bond acceptors (Lipinski definition) is 4. The second-order valence-electron chi connectivity index (χ2n) is 4.40. The van der Waals surface area contributed by atoms with Gasteiger partial charge >= 0.3 is 0 Å². The van der Waals surface area contributed by atoms with E-state index in [-0.39, 0.29) is 18.2 Å². The van der Waals surface area contributed by atoms with Gasteiger partial charge in [0.2, 0.25) is 0 Å². The molecule has 1 aliphatic carbocycles. The van der Waals surface area contributed by atoms with Gasteiger partial charge in [-0.25, -0.2) is 0 Å². The second kappa shape index (κ2) is 4.93. The molecule has 1 N–H and O–H groups in total. The summed E-state index contributed by atoms with van der Waals surface area (Å²) < 4.78 is 5.30. The first kappa shape index (κ1) is 10.9. The van der Waals surface area contributed by atoms with Crippen LogP contribution in [0.1, 0.15) is 25.7 Å². The third-order valence-electron chi connectivity index (χ3n) is 3.40. The predicted molar refractivity (Wildman–Crippen MR) is 55.2 cm³/mol. The molecule has 0 bridgehead atoms. The summed E-state index contributed by atoms with van der Waals surface area (Å²) in [5.74, 6) is 0. The van der Waals surface area contributed by atoms with Crippen LogP contribution in [0.25, 0.3) is 0 Å². The lowest BCUT2D eigenvalue weighted by molar-refractivity contribution is -0.0556. The minimum atomic E-state index is -0.312. The molecule has 3 atom stereocenters. The fourth-order valence-corrected chi connectivity index (χ4v) is 2.57. The van der Waals surface area contributed by atoms with Gasteiger partial charge in [0, 0.05) is 19.1 Å². The summed E-state index contributed by atoms with van der Waals surface area (Å²) in [6, 6.07) is 2.39. The zero-order valence-corrected chi connectivity index (χ0v) is 8.93. The highest BCUT2D eigenvalue weighted by Gasteiger charge is 2.32. The molecule has 0 amide bonds. The molecule has 2 fully saturated rings. The minimum Gasteiger partial charge on any atom is -0.391 e. The van der Waals surface area contributed by atoms with Crippen LogP contribution in [-0.4, -0.2) is 48.0 Å². The smallest absolute Gasteiger partial charge is 0.156 e. The van der Waals surface area contributed by atoms with Crippen LogP contribution in [0.2, 0.25) is 0 Å². The lowest BCUT2D eigenvalue weighted by Crippen LogP contribution is -2.52. The third-order valence-corrected chi connectivity index (χ3v) is 3.40. The largest absolute Gasteiger partial charge is 0.391 e. The first-order chi connectivity index (χ1) is 7.31. The zero-order chi connectivity index (χ0) is 10.7. The highest BCUT2D eigenvalue weighted by Crippen LogP contribution is 2.24. The second-order valence-corrected chi connectivity index (χ2v) is 4.40. The van der Waals surface area contributed by atoms with Crippen LogP contribution in [0.15, 0.2) is 0 Å². The monoisotopic (exact) mass is 210 g/mol. The molecule has 1 heterocycles. The van der Waals surface area contributed by atoms with E-state index in [9.17, 15) is 5.11 Å². The van der Waals surface area contributed by atoms with Crippen LogP contribution in [0, 0.1) is 11.3 Å². The van der Waals surface area contributed by atoms with Crippen LogP contribution in [0.4, 0.5) is 0 Å². The van der Waals surface area contributed by atoms with Gasteiger partial charge in [-0.1, -0.05) is 12.8 Å². The average molecular weight is 210 g/mol. The zero-order valence-electron chi connectivity index (χ0n) is 8.93. The van der Waals surface area contributed by atoms with E-state index in [0.29, 0.717) is 13.2 Å². The average Bonchev–Trinajstić information content (AvgIpc) is 2.30. The van der Waals surface area contributed by atoms with Crippen molar-refractivity contribution < 1.29 is 9.84 Å². The number of hydrogen-bond donors (Lipinski definition) is 1. The SMILES string of the molecule is N#CC1CN([C@H]2CCCC[C@@H]2O)CCO1. The van der Waals surface area contributed by atoms with Gasteiger partial charge in [0.1, 0.15) is 0 Å². The number of rotatable bonds is 1. The van der Waals surface area contributed by atoms with Gasteiger partial charge < -0.3 is 9.84 Å². The Morgan fingerprint density at radius 3 is 2.87 bits per heavy atom. The van der Waals surface area contributed by atoms with Crippen molar-refractivity contribution in [1.82, 2.24) is 4.90 Å². The van der Waals surface area contributed by atoms with Gasteiger partial charge in [0.25, 0.3) is 0 Å². The molecule has 2 aliphatic rings. The van der Waals surface area contributed by atoms with Crippen molar-refractivity contribution in [2.24, 2.45) is 0 Å². The quantitative estimate of drug-likeness (QED) is 0.685. The van der Waals surface area contributed by atoms with E-state index in [1.54, 1.807) is 0 Å². The Kier molecular flexibility index (Phi) is 3.57. The molecule has 1 saturated carbocycles. The highest BCUT2D eigenvalue weighted by atomic mass is 16.5. The van der Waals surface area contributed by atoms with Crippen molar-refractivity contribution in [2.45, 2.75) is 43.9 Å². The fourth-order valence-electron chi connectivity index (χ4n) is 2.57. The van der Waals surface area contributed by atoms with E-state index in [1.165, 1.54) is 6.42 Å². The molecule has 4 heteroatoms. The van der Waals surface area contributed by atoms with Gasteiger partial charge in [-0.15, -0.1) is 0 Å². The highest BCUT2D eigenvalue weighted by molar-refractivity contribution is 4.93. The Balaban J connectivity index is 1.94. The number of nitrogens with zero attached hydrogens (tertiary/aromatic N) is 2. The van der Waals surface area contributed by atoms with Crippen molar-refractivity contribution in [2.75, 3.05) is 19.7 Å². The first-order valence-corrected chi connectivity index (χ1v) is 5.74. The molecule has 0 aromatic carbocycles. The molecule has 0 aromatic heterocycles. The maximum Gasteiger partial charge on any atom is 0.156 e. The minimum absolute atomic E-state index is 0.212. The van der Waals surface area contributed by atoms with E-state index >= 15 is 0 Å². The van der Waals surface area contributed by atoms with Gasteiger partial charge in [-0.05, 0) is 12.8 Å². The number of nitriles is 1. The Morgan fingerprint density at radius 2 is 2.13 bits per heavy atom. The summed E-state index contributed by atoms with van der Waals surface area (Å²) in [6.45, 7) is 2.11. The Morgan fingerprint density at radius 1 is 1.33 bits per heavy atom. The van der Waals surface area contributed by atoms with Crippen LogP contribution >= 0.6 is 0 Å². The van der Waals surface area contributed by atoms with Crippen molar-refractivity contribution in [3.8, 4) is 6.07 Å². The summed E-state index contributed by atoms with van der Waals surface area (Å²) in [7, 11) is 0. The van der Waals surface area contributed by atoms with Crippen LogP contribution < -0.4 is 0 Å². The van der Waals surface area contributed by atoms with E-state index in [0.717, 1.165) is 25.8 Å². The van der Waals surface area contributed by atoms with E-state index in [4.69, 9.17) is 10.00 Å². The predicted octanol–water partition coefficient (Wildman–Crippen LogP) is 0.514. The molecule has 84 valence electrons.